The first-order chi connectivity index (χ1) is 20.0. The van der Waals surface area contributed by atoms with Crippen LogP contribution in [0.1, 0.15) is 31.5 Å². The van der Waals surface area contributed by atoms with E-state index in [9.17, 15) is 45.0 Å². The molecule has 6 aromatic rings. The van der Waals surface area contributed by atoms with Gasteiger partial charge in [-0.1, -0.05) is 18.2 Å². The number of aromatic carboxylic acids is 3. The third-order valence-corrected chi connectivity index (χ3v) is 5.28. The van der Waals surface area contributed by atoms with E-state index in [0.29, 0.717) is 16.6 Å². The number of phenolic OH excluding ortho intramolecular Hbond substituents is 3. The number of hydrogen-bond acceptors (Lipinski definition) is 15. The quantitative estimate of drug-likeness (QED) is 0.201. The smallest absolute Gasteiger partial charge is 0.543 e. The first-order valence-corrected chi connectivity index (χ1v) is 11.5. The summed E-state index contributed by atoms with van der Waals surface area (Å²) in [5.74, 6) is -4.54. The number of para-hydroxylation sites is 3. The van der Waals surface area contributed by atoms with Gasteiger partial charge in [-0.2, -0.15) is 0 Å². The van der Waals surface area contributed by atoms with Crippen molar-refractivity contribution in [1.82, 2.24) is 29.9 Å². The Kier molecular flexibility index (Phi) is 9.97. The van der Waals surface area contributed by atoms with Gasteiger partial charge in [0.1, 0.15) is 50.9 Å². The van der Waals surface area contributed by atoms with Crippen LogP contribution in [0.4, 0.5) is 0 Å². The molecule has 0 aliphatic heterocycles. The van der Waals surface area contributed by atoms with Crippen LogP contribution in [0.5, 0.6) is 17.2 Å². The molecule has 3 N–H and O–H groups in total. The molecule has 210 valence electrons. The van der Waals surface area contributed by atoms with E-state index in [0.717, 1.165) is 18.6 Å². The summed E-state index contributed by atoms with van der Waals surface area (Å²) in [6.07, 6.45) is 3.28. The number of aromatic hydroxyl groups is 3. The van der Waals surface area contributed by atoms with Crippen LogP contribution in [-0.4, -0.2) is 80.5 Å². The van der Waals surface area contributed by atoms with Gasteiger partial charge in [0.2, 0.25) is 0 Å². The van der Waals surface area contributed by atoms with Gasteiger partial charge in [-0.05, 0) is 36.4 Å². The molecule has 0 aliphatic carbocycles. The number of nitrogens with zero attached hydrogens (tertiary/aromatic N) is 6. The fourth-order valence-electron chi connectivity index (χ4n) is 3.35. The molecule has 0 radical (unpaired) electrons. The van der Waals surface area contributed by atoms with Crippen molar-refractivity contribution in [3.8, 4) is 17.2 Å². The summed E-state index contributed by atoms with van der Waals surface area (Å²) >= 11 is 0. The third kappa shape index (κ3) is 7.41. The molecule has 0 bridgehead atoms. The van der Waals surface area contributed by atoms with Crippen LogP contribution in [0.3, 0.4) is 0 Å². The van der Waals surface area contributed by atoms with E-state index in [1.165, 1.54) is 18.2 Å². The topological polar surface area (TPSA) is 258 Å². The molecule has 0 saturated carbocycles. The maximum Gasteiger partial charge on any atom is 3.00 e. The summed E-state index contributed by atoms with van der Waals surface area (Å²) in [7, 11) is 0. The summed E-state index contributed by atoms with van der Waals surface area (Å²) in [5, 5.41) is 59.5. The van der Waals surface area contributed by atoms with Crippen LogP contribution in [-0.2, 0) is 0 Å². The zero-order valence-electron chi connectivity index (χ0n) is 21.5. The largest absolute Gasteiger partial charge is 3.00 e. The predicted octanol–water partition coefficient (Wildman–Crippen LogP) is -1.28. The van der Waals surface area contributed by atoms with Gasteiger partial charge in [-0.15, -0.1) is 0 Å². The molecule has 0 saturated heterocycles. The van der Waals surface area contributed by atoms with Crippen molar-refractivity contribution in [1.29, 1.82) is 0 Å². The van der Waals surface area contributed by atoms with Crippen molar-refractivity contribution in [2.24, 2.45) is 0 Å². The average Bonchev–Trinajstić information content (AvgIpc) is 2.98. The van der Waals surface area contributed by atoms with Gasteiger partial charge in [0.05, 0.1) is 53.0 Å². The SMILES string of the molecule is O=C([O-])c1cnc2cccc(O)c2n1.O=C([O-])c1cnc2cccc(O)c2n1.O=C([O-])c1cnc2cccc(O)c2n1.[Al+3]. The van der Waals surface area contributed by atoms with E-state index in [1.807, 2.05) is 0 Å². The zero-order valence-corrected chi connectivity index (χ0v) is 22.6. The third-order valence-electron chi connectivity index (χ3n) is 5.28. The standard InChI is InChI=1S/3C9H6N2O3.Al/c3*12-7-3-1-2-5-8(7)11-6(4-10-5)9(13)14;/h3*1-4,12H,(H,13,14);/q;;;+3/p-3. The second-order valence-electron chi connectivity index (χ2n) is 8.06. The summed E-state index contributed by atoms with van der Waals surface area (Å²) < 4.78 is 0. The number of benzene rings is 3. The number of fused-ring (bicyclic) bond motifs is 3. The van der Waals surface area contributed by atoms with Gasteiger partial charge in [0.25, 0.3) is 0 Å². The van der Waals surface area contributed by atoms with Crippen LogP contribution < -0.4 is 15.3 Å². The number of hydrogen-bond donors (Lipinski definition) is 3. The molecular formula is C27H15AlN6O9. The molecular weight excluding hydrogens is 579 g/mol. The molecule has 0 spiro atoms. The fraction of sp³-hybridized carbons (Fsp3) is 0. The van der Waals surface area contributed by atoms with Crippen LogP contribution in [0.25, 0.3) is 33.1 Å². The molecule has 0 aliphatic rings. The molecule has 15 nitrogen and oxygen atoms in total. The summed E-state index contributed by atoms with van der Waals surface area (Å²) in [6.45, 7) is 0. The number of rotatable bonds is 3. The maximum atomic E-state index is 10.5. The van der Waals surface area contributed by atoms with Crippen LogP contribution >= 0.6 is 0 Å². The zero-order chi connectivity index (χ0) is 30.4. The number of phenols is 3. The molecule has 6 rings (SSSR count). The molecule has 3 heterocycles. The minimum absolute atomic E-state index is 0. The molecule has 43 heavy (non-hydrogen) atoms. The molecule has 16 heteroatoms. The normalized spacial score (nSPS) is 10.0. The summed E-state index contributed by atoms with van der Waals surface area (Å²) in [6, 6.07) is 13.9. The van der Waals surface area contributed by atoms with Crippen molar-refractivity contribution in [2.75, 3.05) is 0 Å². The van der Waals surface area contributed by atoms with Gasteiger partial charge >= 0.3 is 17.4 Å². The van der Waals surface area contributed by atoms with Gasteiger partial charge < -0.3 is 45.0 Å². The van der Waals surface area contributed by atoms with Crippen molar-refractivity contribution >= 4 is 68.4 Å². The number of aromatic nitrogens is 6. The first-order valence-electron chi connectivity index (χ1n) is 11.5. The van der Waals surface area contributed by atoms with E-state index < -0.39 is 17.9 Å². The van der Waals surface area contributed by atoms with Crippen molar-refractivity contribution in [3.63, 3.8) is 0 Å². The second-order valence-corrected chi connectivity index (χ2v) is 8.06. The Morgan fingerprint density at radius 2 is 0.744 bits per heavy atom. The van der Waals surface area contributed by atoms with Crippen LogP contribution in [0.2, 0.25) is 0 Å². The van der Waals surface area contributed by atoms with E-state index >= 15 is 0 Å². The summed E-state index contributed by atoms with van der Waals surface area (Å²) in [5.41, 5.74) is 0.926. The Labute approximate surface area is 250 Å². The van der Waals surface area contributed by atoms with Gasteiger partial charge in [-0.3, -0.25) is 15.0 Å². The van der Waals surface area contributed by atoms with Crippen LogP contribution in [0, 0.1) is 0 Å². The predicted molar refractivity (Wildman–Crippen MR) is 142 cm³/mol. The van der Waals surface area contributed by atoms with Gasteiger partial charge in [0.15, 0.2) is 0 Å². The fourth-order valence-corrected chi connectivity index (χ4v) is 3.35. The van der Waals surface area contributed by atoms with E-state index in [-0.39, 0.29) is 68.2 Å². The van der Waals surface area contributed by atoms with E-state index in [1.54, 1.807) is 36.4 Å². The average molecular weight is 594 g/mol. The van der Waals surface area contributed by atoms with Gasteiger partial charge in [0, 0.05) is 0 Å². The van der Waals surface area contributed by atoms with Crippen molar-refractivity contribution in [2.45, 2.75) is 0 Å². The van der Waals surface area contributed by atoms with E-state index in [2.05, 4.69) is 29.9 Å². The number of carboxylic acid groups (broad SMARTS) is 3. The summed E-state index contributed by atoms with van der Waals surface area (Å²) in [4.78, 5) is 53.9. The Balaban J connectivity index is 0.000000175. The van der Waals surface area contributed by atoms with Crippen molar-refractivity contribution < 1.29 is 45.0 Å². The molecule has 3 aromatic heterocycles. The van der Waals surface area contributed by atoms with E-state index in [4.69, 9.17) is 0 Å². The maximum absolute atomic E-state index is 10.5. The Hall–Kier alpha value is -5.98. The minimum atomic E-state index is -1.41. The van der Waals surface area contributed by atoms with Crippen LogP contribution in [0.15, 0.2) is 73.2 Å². The second kappa shape index (κ2) is 13.6. The van der Waals surface area contributed by atoms with Crippen molar-refractivity contribution in [3.05, 3.63) is 90.3 Å². The number of carboxylic acids is 3. The molecule has 3 aromatic carbocycles. The molecule has 0 unspecified atom stereocenters. The number of carbonyl (C=O) groups excluding carboxylic acids is 3. The minimum Gasteiger partial charge on any atom is -0.543 e. The Morgan fingerprint density at radius 1 is 0.488 bits per heavy atom. The Bertz CT molecular complexity index is 1760. The Morgan fingerprint density at radius 3 is 0.977 bits per heavy atom. The molecule has 0 amide bonds. The van der Waals surface area contributed by atoms with Gasteiger partial charge in [-0.25, -0.2) is 15.0 Å². The monoisotopic (exact) mass is 594 g/mol. The first kappa shape index (κ1) is 31.5. The molecule has 0 atom stereocenters. The molecule has 0 fully saturated rings. The number of carbonyl (C=O) groups is 3.